The first-order valence-corrected chi connectivity index (χ1v) is 17.4. The molecule has 0 aromatic heterocycles. The lowest BCUT2D eigenvalue weighted by Gasteiger charge is -2.41. The molecule has 6 rings (SSSR count). The molecule has 1 aliphatic heterocycles. The summed E-state index contributed by atoms with van der Waals surface area (Å²) in [6, 6.07) is 41.4. The predicted molar refractivity (Wildman–Crippen MR) is 194 cm³/mol. The van der Waals surface area contributed by atoms with E-state index in [0.29, 0.717) is 12.1 Å². The highest BCUT2D eigenvalue weighted by Gasteiger charge is 2.38. The number of hydrogen-bond acceptors (Lipinski definition) is 6. The number of aliphatic hydroxyl groups excluding tert-OH is 1. The lowest BCUT2D eigenvalue weighted by molar-refractivity contribution is -0.268. The average molecular weight is 673 g/mol. The predicted octanol–water partition coefficient (Wildman–Crippen LogP) is 8.32. The second kappa shape index (κ2) is 16.1. The summed E-state index contributed by atoms with van der Waals surface area (Å²) in [5.74, 6) is 0.584. The Labute approximate surface area is 291 Å². The molecule has 5 aromatic rings. The van der Waals surface area contributed by atoms with Gasteiger partial charge in [0.15, 0.2) is 6.29 Å². The lowest BCUT2D eigenvalue weighted by atomic mass is 9.91. The number of nitrogens with one attached hydrogen (secondary N) is 2. The van der Waals surface area contributed by atoms with Crippen LogP contribution < -0.4 is 10.6 Å². The van der Waals surface area contributed by atoms with Crippen LogP contribution in [0.4, 0.5) is 5.69 Å². The van der Waals surface area contributed by atoms with Gasteiger partial charge in [-0.15, -0.1) is 11.8 Å². The SMILES string of the molecule is CC(=O)Nc1ccc(SC[C@@H]2O[C@H](c3ccc(-c4cccc(CNC(=O)c5ccccc5)c4)cc3)O[C@H](c3ccc(CO)cc3)[C@@H]2C)cc1. The highest BCUT2D eigenvalue weighted by Crippen LogP contribution is 2.43. The summed E-state index contributed by atoms with van der Waals surface area (Å²) in [6.45, 7) is 4.08. The summed E-state index contributed by atoms with van der Waals surface area (Å²) in [5, 5.41) is 15.4. The number of anilines is 1. The van der Waals surface area contributed by atoms with E-state index in [0.717, 1.165) is 49.7 Å². The zero-order valence-electron chi connectivity index (χ0n) is 27.5. The molecule has 0 aliphatic carbocycles. The Morgan fingerprint density at radius 1 is 0.755 bits per heavy atom. The Kier molecular flexibility index (Phi) is 11.2. The van der Waals surface area contributed by atoms with Crippen molar-refractivity contribution in [2.45, 2.75) is 50.4 Å². The summed E-state index contributed by atoms with van der Waals surface area (Å²) in [5.41, 5.74) is 7.34. The fraction of sp³-hybridized carbons (Fsp3) is 0.220. The quantitative estimate of drug-likeness (QED) is 0.122. The molecule has 1 heterocycles. The van der Waals surface area contributed by atoms with Crippen LogP contribution in [0.15, 0.2) is 132 Å². The van der Waals surface area contributed by atoms with Crippen molar-refractivity contribution in [2.75, 3.05) is 11.1 Å². The van der Waals surface area contributed by atoms with Crippen LogP contribution in [-0.4, -0.2) is 28.8 Å². The molecule has 1 aliphatic rings. The van der Waals surface area contributed by atoms with Gasteiger partial charge in [0.25, 0.3) is 5.91 Å². The maximum atomic E-state index is 12.5. The molecule has 0 saturated carbocycles. The Morgan fingerprint density at radius 3 is 2.16 bits per heavy atom. The second-order valence-corrected chi connectivity index (χ2v) is 13.3. The molecule has 7 nitrogen and oxygen atoms in total. The van der Waals surface area contributed by atoms with Gasteiger partial charge in [0.1, 0.15) is 0 Å². The molecule has 1 fully saturated rings. The summed E-state index contributed by atoms with van der Waals surface area (Å²) in [7, 11) is 0. The fourth-order valence-corrected chi connectivity index (χ4v) is 6.96. The molecular formula is C41H40N2O5S. The summed E-state index contributed by atoms with van der Waals surface area (Å²) < 4.78 is 13.3. The van der Waals surface area contributed by atoms with E-state index >= 15 is 0 Å². The number of amides is 2. The molecule has 0 spiro atoms. The van der Waals surface area contributed by atoms with Crippen LogP contribution in [0, 0.1) is 5.92 Å². The first-order chi connectivity index (χ1) is 23.9. The van der Waals surface area contributed by atoms with E-state index < -0.39 is 6.29 Å². The van der Waals surface area contributed by atoms with Gasteiger partial charge in [-0.25, -0.2) is 0 Å². The van der Waals surface area contributed by atoms with Crippen molar-refractivity contribution in [2.24, 2.45) is 5.92 Å². The third-order valence-electron chi connectivity index (χ3n) is 8.64. The number of carbonyl (C=O) groups excluding carboxylic acids is 2. The van der Waals surface area contributed by atoms with E-state index in [1.54, 1.807) is 23.9 Å². The minimum Gasteiger partial charge on any atom is -0.392 e. The maximum Gasteiger partial charge on any atom is 0.251 e. The van der Waals surface area contributed by atoms with Crippen LogP contribution in [0.2, 0.25) is 0 Å². The third kappa shape index (κ3) is 8.85. The van der Waals surface area contributed by atoms with E-state index in [2.05, 4.69) is 54.0 Å². The number of aliphatic hydroxyl groups is 1. The van der Waals surface area contributed by atoms with Gasteiger partial charge in [0, 0.05) is 46.8 Å². The minimum atomic E-state index is -0.569. The van der Waals surface area contributed by atoms with Crippen LogP contribution in [0.1, 0.15) is 58.9 Å². The normalized spacial score (nSPS) is 18.8. The van der Waals surface area contributed by atoms with Crippen molar-refractivity contribution in [3.63, 3.8) is 0 Å². The molecule has 1 saturated heterocycles. The molecular weight excluding hydrogens is 633 g/mol. The lowest BCUT2D eigenvalue weighted by Crippen LogP contribution is -2.38. The monoisotopic (exact) mass is 672 g/mol. The number of rotatable bonds is 11. The van der Waals surface area contributed by atoms with Gasteiger partial charge in [-0.3, -0.25) is 9.59 Å². The zero-order chi connectivity index (χ0) is 34.2. The van der Waals surface area contributed by atoms with Gasteiger partial charge < -0.3 is 25.2 Å². The maximum absolute atomic E-state index is 12.5. The highest BCUT2D eigenvalue weighted by atomic mass is 32.2. The molecule has 0 radical (unpaired) electrons. The second-order valence-electron chi connectivity index (χ2n) is 12.2. The van der Waals surface area contributed by atoms with E-state index in [9.17, 15) is 14.7 Å². The zero-order valence-corrected chi connectivity index (χ0v) is 28.4. The van der Waals surface area contributed by atoms with Gasteiger partial charge in [0.05, 0.1) is 18.8 Å². The smallest absolute Gasteiger partial charge is 0.251 e. The van der Waals surface area contributed by atoms with Crippen molar-refractivity contribution in [3.8, 4) is 11.1 Å². The van der Waals surface area contributed by atoms with Crippen LogP contribution in [0.3, 0.4) is 0 Å². The molecule has 250 valence electrons. The Balaban J connectivity index is 1.17. The summed E-state index contributed by atoms with van der Waals surface area (Å²) in [6.07, 6.45) is -0.884. The van der Waals surface area contributed by atoms with Crippen LogP contribution in [-0.2, 0) is 27.4 Å². The Hall–Kier alpha value is -4.73. The van der Waals surface area contributed by atoms with Crippen molar-refractivity contribution in [3.05, 3.63) is 155 Å². The van der Waals surface area contributed by atoms with Crippen LogP contribution in [0.5, 0.6) is 0 Å². The van der Waals surface area contributed by atoms with Crippen molar-refractivity contribution < 1.29 is 24.2 Å². The first kappa shape index (κ1) is 34.1. The topological polar surface area (TPSA) is 96.9 Å². The number of hydrogen-bond donors (Lipinski definition) is 3. The molecule has 49 heavy (non-hydrogen) atoms. The third-order valence-corrected chi connectivity index (χ3v) is 9.75. The molecule has 0 unspecified atom stereocenters. The van der Waals surface area contributed by atoms with E-state index in [1.807, 2.05) is 78.9 Å². The van der Waals surface area contributed by atoms with Crippen LogP contribution >= 0.6 is 11.8 Å². The summed E-state index contributed by atoms with van der Waals surface area (Å²) in [4.78, 5) is 25.0. The van der Waals surface area contributed by atoms with Crippen molar-refractivity contribution in [1.29, 1.82) is 0 Å². The van der Waals surface area contributed by atoms with Gasteiger partial charge in [-0.2, -0.15) is 0 Å². The number of benzene rings is 5. The largest absolute Gasteiger partial charge is 0.392 e. The van der Waals surface area contributed by atoms with Gasteiger partial charge >= 0.3 is 0 Å². The molecule has 8 heteroatoms. The van der Waals surface area contributed by atoms with Crippen LogP contribution in [0.25, 0.3) is 11.1 Å². The Bertz CT molecular complexity index is 1850. The molecule has 5 aromatic carbocycles. The highest BCUT2D eigenvalue weighted by molar-refractivity contribution is 7.99. The van der Waals surface area contributed by atoms with Crippen molar-refractivity contribution in [1.82, 2.24) is 5.32 Å². The summed E-state index contributed by atoms with van der Waals surface area (Å²) >= 11 is 1.71. The van der Waals surface area contributed by atoms with E-state index in [1.165, 1.54) is 6.92 Å². The standard InChI is InChI=1S/C41H40N2O5S/c1-27-38(26-49-37-21-19-36(20-22-37)43-28(2)45)47-41(48-39(27)32-13-11-29(25-44)12-14-32)34-17-15-31(16-18-34)35-10-6-7-30(23-35)24-42-40(46)33-8-4-3-5-9-33/h3-23,27,38-39,41,44H,24-26H2,1-2H3,(H,42,46)(H,43,45)/t27-,38+,39+,41+/m1/s1. The minimum absolute atomic E-state index is 0.00926. The average Bonchev–Trinajstić information content (AvgIpc) is 3.14. The van der Waals surface area contributed by atoms with Crippen molar-refractivity contribution >= 4 is 29.3 Å². The molecule has 2 amide bonds. The van der Waals surface area contributed by atoms with E-state index in [-0.39, 0.29) is 36.5 Å². The molecule has 4 atom stereocenters. The fourth-order valence-electron chi connectivity index (χ4n) is 5.89. The van der Waals surface area contributed by atoms with Gasteiger partial charge in [-0.1, -0.05) is 91.9 Å². The number of thioether (sulfide) groups is 1. The first-order valence-electron chi connectivity index (χ1n) is 16.4. The van der Waals surface area contributed by atoms with Gasteiger partial charge in [-0.05, 0) is 70.3 Å². The van der Waals surface area contributed by atoms with E-state index in [4.69, 9.17) is 9.47 Å². The number of carbonyl (C=O) groups is 2. The number of ether oxygens (including phenoxy) is 2. The molecule has 3 N–H and O–H groups in total. The Morgan fingerprint density at radius 2 is 1.47 bits per heavy atom. The van der Waals surface area contributed by atoms with Gasteiger partial charge in [0.2, 0.25) is 5.91 Å². The molecule has 0 bridgehead atoms.